The molecular weight excluding hydrogens is 682 g/mol. The lowest BCUT2D eigenvalue weighted by Crippen LogP contribution is -2.64. The molecule has 3 aromatic carbocycles. The van der Waals surface area contributed by atoms with Gasteiger partial charge in [-0.05, 0) is 0 Å². The smallest absolute Gasteiger partial charge is 0.444 e. The molecule has 0 aliphatic carbocycles. The van der Waals surface area contributed by atoms with Crippen LogP contribution in [-0.4, -0.2) is 21.4 Å². The van der Waals surface area contributed by atoms with Crippen molar-refractivity contribution in [3.05, 3.63) is 86.8 Å². The number of alkyl halides is 6. The Balaban J connectivity index is 2.03. The van der Waals surface area contributed by atoms with Gasteiger partial charge >= 0.3 is 33.7 Å². The van der Waals surface area contributed by atoms with Gasteiger partial charge < -0.3 is 13.7 Å². The highest BCUT2D eigenvalue weighted by Gasteiger charge is 2.54. The van der Waals surface area contributed by atoms with E-state index in [4.69, 9.17) is 0 Å². The topological polar surface area (TPSA) is 27.7 Å². The van der Waals surface area contributed by atoms with Crippen LogP contribution in [0.4, 0.5) is 83.4 Å². The number of hydrogen-bond acceptors (Lipinski definition) is 3. The maximum atomic E-state index is 14.7. The average molecular weight is 682 g/mol. The summed E-state index contributed by atoms with van der Waals surface area (Å²) in [5, 5.41) is 0. The van der Waals surface area contributed by atoms with Gasteiger partial charge in [-0.1, -0.05) is 0 Å². The summed E-state index contributed by atoms with van der Waals surface area (Å²) in [5.41, 5.74) is -14.1. The van der Waals surface area contributed by atoms with E-state index >= 15 is 0 Å². The lowest BCUT2D eigenvalue weighted by Gasteiger charge is -2.32. The number of rotatable bonds is 3. The van der Waals surface area contributed by atoms with Crippen molar-refractivity contribution in [2.45, 2.75) is 12.4 Å². The second kappa shape index (κ2) is 11.3. The summed E-state index contributed by atoms with van der Waals surface area (Å²) in [7, 11) is -10.9. The van der Waals surface area contributed by atoms with Crippen molar-refractivity contribution >= 4 is 37.7 Å². The van der Waals surface area contributed by atoms with E-state index in [2.05, 4.69) is 13.7 Å². The van der Waals surface area contributed by atoms with Gasteiger partial charge in [0, 0.05) is 0 Å². The molecule has 1 fully saturated rings. The molecule has 1 aliphatic rings. The molecule has 1 heterocycles. The van der Waals surface area contributed by atoms with Crippen LogP contribution < -0.4 is 16.4 Å². The predicted octanol–water partition coefficient (Wildman–Crippen LogP) is 5.08. The molecule has 4 rings (SSSR count). The predicted molar refractivity (Wildman–Crippen MR) is 108 cm³/mol. The normalized spacial score (nSPS) is 14.6. The Morgan fingerprint density at radius 3 is 0.667 bits per heavy atom. The second-order valence-corrected chi connectivity index (χ2v) is 8.47. The molecule has 45 heavy (non-hydrogen) atoms. The minimum Gasteiger partial charge on any atom is -0.444 e. The monoisotopic (exact) mass is 682 g/mol. The lowest BCUT2D eigenvalue weighted by atomic mass is 9.60. The molecule has 240 valence electrons. The van der Waals surface area contributed by atoms with Crippen LogP contribution in [0.2, 0.25) is 0 Å². The van der Waals surface area contributed by atoms with Crippen molar-refractivity contribution in [3.63, 3.8) is 0 Å². The fraction of sp³-hybridized carbons (Fsp3) is 0.100. The van der Waals surface area contributed by atoms with Crippen molar-refractivity contribution < 1.29 is 97.1 Å². The highest BCUT2D eigenvalue weighted by Crippen LogP contribution is 2.37. The van der Waals surface area contributed by atoms with Crippen LogP contribution in [-0.2, 0) is 26.1 Å². The minimum atomic E-state index is -6.19. The van der Waals surface area contributed by atoms with E-state index in [0.29, 0.717) is 0 Å². The van der Waals surface area contributed by atoms with Crippen LogP contribution in [0.15, 0.2) is 0 Å². The van der Waals surface area contributed by atoms with Gasteiger partial charge in [0.15, 0.2) is 75.6 Å². The van der Waals surface area contributed by atoms with Crippen LogP contribution in [0.25, 0.3) is 0 Å². The summed E-state index contributed by atoms with van der Waals surface area (Å²) in [6, 6.07) is 0. The van der Waals surface area contributed by atoms with Gasteiger partial charge in [-0.25, -0.2) is 57.1 Å². The largest absolute Gasteiger partial charge is 0.473 e. The van der Waals surface area contributed by atoms with Crippen LogP contribution in [0.1, 0.15) is 11.1 Å². The molecule has 0 radical (unpaired) electrons. The second-order valence-electron chi connectivity index (χ2n) is 8.47. The first-order valence-corrected chi connectivity index (χ1v) is 10.9. The van der Waals surface area contributed by atoms with Crippen molar-refractivity contribution in [1.29, 1.82) is 0 Å². The van der Waals surface area contributed by atoms with E-state index in [-0.39, 0.29) is 0 Å². The summed E-state index contributed by atoms with van der Waals surface area (Å²) in [6.45, 7) is 0. The van der Waals surface area contributed by atoms with Crippen LogP contribution in [0, 0.1) is 75.6 Å². The molecule has 0 N–H and O–H groups in total. The highest BCUT2D eigenvalue weighted by molar-refractivity contribution is 6.87. The third-order valence-corrected chi connectivity index (χ3v) is 5.85. The molecule has 1 saturated heterocycles. The van der Waals surface area contributed by atoms with E-state index in [1.54, 1.807) is 0 Å². The van der Waals surface area contributed by atoms with Gasteiger partial charge in [0.05, 0.1) is 16.4 Å². The fourth-order valence-corrected chi connectivity index (χ4v) is 3.88. The van der Waals surface area contributed by atoms with Gasteiger partial charge in [0.2, 0.25) is 0 Å². The summed E-state index contributed by atoms with van der Waals surface area (Å²) >= 11 is 0. The molecule has 0 amide bonds. The maximum Gasteiger partial charge on any atom is 0.473 e. The SMILES string of the molecule is Fc1c(F)c(F)c(B2OB(c3c(F)c(F)c(C(F)(F)F)c(F)c3F)OB(c3c(F)c(F)c(C(F)(F)F)c(F)c3F)O2)c(F)c1F. The Labute approximate surface area is 234 Å². The first-order chi connectivity index (χ1) is 20.5. The van der Waals surface area contributed by atoms with E-state index < -0.39 is 137 Å². The molecule has 0 unspecified atom stereocenters. The van der Waals surface area contributed by atoms with Crippen molar-refractivity contribution in [2.75, 3.05) is 0 Å². The summed E-state index contributed by atoms with van der Waals surface area (Å²) in [5.74, 6) is -40.4. The Bertz CT molecular complexity index is 1550. The minimum absolute atomic E-state index is 2.42. The Morgan fingerprint density at radius 1 is 0.289 bits per heavy atom. The van der Waals surface area contributed by atoms with E-state index in [0.717, 1.165) is 0 Å². The Hall–Kier alpha value is -3.60. The zero-order chi connectivity index (χ0) is 34.2. The number of hydrogen-bond donors (Lipinski definition) is 0. The van der Waals surface area contributed by atoms with Crippen LogP contribution >= 0.6 is 0 Å². The molecule has 0 aromatic heterocycles. The molecule has 3 aromatic rings. The van der Waals surface area contributed by atoms with Crippen LogP contribution in [0.3, 0.4) is 0 Å². The van der Waals surface area contributed by atoms with Crippen molar-refractivity contribution in [2.24, 2.45) is 0 Å². The van der Waals surface area contributed by atoms with E-state index in [9.17, 15) is 83.4 Å². The zero-order valence-corrected chi connectivity index (χ0v) is 20.1. The van der Waals surface area contributed by atoms with E-state index in [1.165, 1.54) is 0 Å². The Morgan fingerprint density at radius 2 is 0.467 bits per heavy atom. The van der Waals surface area contributed by atoms with Crippen LogP contribution in [0.5, 0.6) is 0 Å². The molecule has 0 bridgehead atoms. The molecule has 1 aliphatic heterocycles. The Kier molecular flexibility index (Phi) is 8.63. The molecule has 3 nitrogen and oxygen atoms in total. The summed E-state index contributed by atoms with van der Waals surface area (Å²) in [6.07, 6.45) is -12.4. The summed E-state index contributed by atoms with van der Waals surface area (Å²) in [4.78, 5) is 0. The third-order valence-electron chi connectivity index (χ3n) is 5.85. The first-order valence-electron chi connectivity index (χ1n) is 10.9. The zero-order valence-electron chi connectivity index (χ0n) is 20.1. The van der Waals surface area contributed by atoms with E-state index in [1.807, 2.05) is 0 Å². The average Bonchev–Trinajstić information content (AvgIpc) is 2.92. The fourth-order valence-electron chi connectivity index (χ4n) is 3.88. The van der Waals surface area contributed by atoms with Crippen molar-refractivity contribution in [3.8, 4) is 0 Å². The third kappa shape index (κ3) is 5.47. The van der Waals surface area contributed by atoms with Gasteiger partial charge in [0.25, 0.3) is 0 Å². The van der Waals surface area contributed by atoms with Gasteiger partial charge in [-0.2, -0.15) is 26.3 Å². The number of benzene rings is 3. The van der Waals surface area contributed by atoms with Gasteiger partial charge in [-0.15, -0.1) is 0 Å². The first kappa shape index (κ1) is 34.3. The standard InChI is InChI=1S/C20B3F19O3/c24-6-1(19(37,38)39)7(25)11(29)3(10(6)28)21-43-22(4-12(30)8(26)2(20(40,41)42)9(27)13(4)31)45-23(44-21)5-14(32)16(34)18(36)17(35)15(5)33. The molecule has 25 heteroatoms. The molecular formula is C20B3F19O3. The molecule has 0 spiro atoms. The number of halogens is 19. The maximum absolute atomic E-state index is 14.7. The molecule has 0 saturated carbocycles. The quantitative estimate of drug-likeness (QED) is 0.167. The lowest BCUT2D eigenvalue weighted by molar-refractivity contribution is -0.144. The van der Waals surface area contributed by atoms with Crippen molar-refractivity contribution in [1.82, 2.24) is 0 Å². The summed E-state index contributed by atoms with van der Waals surface area (Å²) < 4.78 is 277. The molecule has 0 atom stereocenters. The van der Waals surface area contributed by atoms with Gasteiger partial charge in [-0.3, -0.25) is 0 Å². The van der Waals surface area contributed by atoms with Gasteiger partial charge in [0.1, 0.15) is 11.1 Å². The highest BCUT2D eigenvalue weighted by atomic mass is 19.4.